The first-order chi connectivity index (χ1) is 10.7. The number of amides is 1. The number of aromatic nitrogens is 3. The van der Waals surface area contributed by atoms with E-state index in [-0.39, 0.29) is 6.42 Å². The zero-order chi connectivity index (χ0) is 15.4. The molecule has 0 aromatic carbocycles. The van der Waals surface area contributed by atoms with Crippen LogP contribution in [0.3, 0.4) is 0 Å². The third kappa shape index (κ3) is 3.17. The lowest BCUT2D eigenvalue weighted by Crippen LogP contribution is -2.15. The zero-order valence-corrected chi connectivity index (χ0v) is 11.9. The van der Waals surface area contributed by atoms with Crippen molar-refractivity contribution in [1.82, 2.24) is 15.0 Å². The number of carbonyl (C=O) groups is 1. The molecule has 0 atom stereocenters. The summed E-state index contributed by atoms with van der Waals surface area (Å²) in [6.07, 6.45) is 5.33. The average Bonchev–Trinajstić information content (AvgIpc) is 2.53. The van der Waals surface area contributed by atoms with Crippen LogP contribution in [0.25, 0.3) is 10.9 Å². The van der Waals surface area contributed by atoms with Crippen molar-refractivity contribution in [1.29, 1.82) is 0 Å². The lowest BCUT2D eigenvalue weighted by atomic mass is 10.2. The van der Waals surface area contributed by atoms with Crippen LogP contribution < -0.4 is 11.1 Å². The molecule has 3 rings (SSSR count). The van der Waals surface area contributed by atoms with Crippen molar-refractivity contribution < 1.29 is 4.79 Å². The maximum Gasteiger partial charge on any atom is 0.223 e. The van der Waals surface area contributed by atoms with Gasteiger partial charge in [0.1, 0.15) is 5.52 Å². The Kier molecular flexibility index (Phi) is 3.91. The van der Waals surface area contributed by atoms with Crippen LogP contribution in [-0.4, -0.2) is 20.9 Å². The maximum atomic E-state index is 11.1. The van der Waals surface area contributed by atoms with Gasteiger partial charge in [-0.3, -0.25) is 14.8 Å². The molecule has 0 aliphatic carbocycles. The molecular weight excluding hydrogens is 278 g/mol. The van der Waals surface area contributed by atoms with Crippen molar-refractivity contribution >= 4 is 22.6 Å². The third-order valence-electron chi connectivity index (χ3n) is 3.18. The van der Waals surface area contributed by atoms with Gasteiger partial charge in [-0.1, -0.05) is 12.1 Å². The summed E-state index contributed by atoms with van der Waals surface area (Å²) in [5.41, 5.74) is 7.69. The van der Waals surface area contributed by atoms with Crippen molar-refractivity contribution in [3.05, 3.63) is 60.2 Å². The Balaban J connectivity index is 1.93. The molecule has 3 aromatic heterocycles. The van der Waals surface area contributed by atoms with Gasteiger partial charge >= 0.3 is 0 Å². The van der Waals surface area contributed by atoms with Crippen LogP contribution in [0.2, 0.25) is 0 Å². The van der Waals surface area contributed by atoms with E-state index in [4.69, 9.17) is 5.73 Å². The number of pyridine rings is 3. The highest BCUT2D eigenvalue weighted by Crippen LogP contribution is 2.21. The number of nitrogens with two attached hydrogens (primary N) is 1. The van der Waals surface area contributed by atoms with Crippen molar-refractivity contribution in [3.8, 4) is 0 Å². The Morgan fingerprint density at radius 1 is 1.23 bits per heavy atom. The number of hydrogen-bond acceptors (Lipinski definition) is 5. The molecule has 0 aliphatic heterocycles. The molecule has 0 bridgehead atoms. The third-order valence-corrected chi connectivity index (χ3v) is 3.18. The number of rotatable bonds is 5. The zero-order valence-electron chi connectivity index (χ0n) is 11.9. The van der Waals surface area contributed by atoms with Gasteiger partial charge in [-0.25, -0.2) is 4.98 Å². The molecular formula is C16H15N5O. The minimum atomic E-state index is -0.408. The van der Waals surface area contributed by atoms with Gasteiger partial charge < -0.3 is 11.1 Å². The van der Waals surface area contributed by atoms with Crippen LogP contribution in [0.1, 0.15) is 11.3 Å². The summed E-state index contributed by atoms with van der Waals surface area (Å²) in [6.45, 7) is 0.576. The summed E-state index contributed by atoms with van der Waals surface area (Å²) in [6, 6.07) is 9.47. The Morgan fingerprint density at radius 2 is 2.09 bits per heavy atom. The standard InChI is InChI=1S/C16H15N5O/c17-14(22)8-13-7-12-4-2-6-19-15(12)16(21-13)20-10-11-3-1-5-18-9-11/h1-7,9H,8,10H2,(H2,17,22)(H,20,21). The molecule has 0 saturated carbocycles. The summed E-state index contributed by atoms with van der Waals surface area (Å²) in [5, 5.41) is 4.17. The summed E-state index contributed by atoms with van der Waals surface area (Å²) in [7, 11) is 0. The Hall–Kier alpha value is -3.02. The van der Waals surface area contributed by atoms with E-state index in [1.54, 1.807) is 18.6 Å². The highest BCUT2D eigenvalue weighted by atomic mass is 16.1. The first-order valence-electron chi connectivity index (χ1n) is 6.88. The van der Waals surface area contributed by atoms with Gasteiger partial charge in [0.05, 0.1) is 12.1 Å². The molecule has 0 aliphatic rings. The molecule has 6 nitrogen and oxygen atoms in total. The Bertz CT molecular complexity index is 804. The van der Waals surface area contributed by atoms with Gasteiger partial charge in [0.2, 0.25) is 5.91 Å². The number of carbonyl (C=O) groups excluding carboxylic acids is 1. The predicted molar refractivity (Wildman–Crippen MR) is 84.0 cm³/mol. The number of nitrogens with zero attached hydrogens (tertiary/aromatic N) is 3. The van der Waals surface area contributed by atoms with Gasteiger partial charge in [-0.15, -0.1) is 0 Å². The molecule has 110 valence electrons. The van der Waals surface area contributed by atoms with Gasteiger partial charge in [0.25, 0.3) is 0 Å². The fourth-order valence-corrected chi connectivity index (χ4v) is 2.22. The first-order valence-corrected chi connectivity index (χ1v) is 6.88. The topological polar surface area (TPSA) is 93.8 Å². The maximum absolute atomic E-state index is 11.1. The van der Waals surface area contributed by atoms with Gasteiger partial charge in [0.15, 0.2) is 5.82 Å². The smallest absolute Gasteiger partial charge is 0.223 e. The summed E-state index contributed by atoms with van der Waals surface area (Å²) < 4.78 is 0. The number of fused-ring (bicyclic) bond motifs is 1. The SMILES string of the molecule is NC(=O)Cc1cc2cccnc2c(NCc2cccnc2)n1. The number of anilines is 1. The lowest BCUT2D eigenvalue weighted by Gasteiger charge is -2.10. The molecule has 0 unspecified atom stereocenters. The van der Waals surface area contributed by atoms with Crippen molar-refractivity contribution in [2.24, 2.45) is 5.73 Å². The average molecular weight is 293 g/mol. The second-order valence-electron chi connectivity index (χ2n) is 4.90. The van der Waals surface area contributed by atoms with E-state index in [2.05, 4.69) is 20.3 Å². The summed E-state index contributed by atoms with van der Waals surface area (Å²) in [4.78, 5) is 24.0. The molecule has 0 fully saturated rings. The molecule has 1 amide bonds. The van der Waals surface area contributed by atoms with E-state index in [1.807, 2.05) is 30.3 Å². The summed E-state index contributed by atoms with van der Waals surface area (Å²) >= 11 is 0. The summed E-state index contributed by atoms with van der Waals surface area (Å²) in [5.74, 6) is 0.229. The molecule has 3 heterocycles. The van der Waals surface area contributed by atoms with Crippen molar-refractivity contribution in [2.45, 2.75) is 13.0 Å². The van der Waals surface area contributed by atoms with E-state index < -0.39 is 5.91 Å². The van der Waals surface area contributed by atoms with Gasteiger partial charge in [0, 0.05) is 30.5 Å². The predicted octanol–water partition coefficient (Wildman–Crippen LogP) is 1.66. The molecule has 0 saturated heterocycles. The van der Waals surface area contributed by atoms with E-state index in [0.29, 0.717) is 18.1 Å². The van der Waals surface area contributed by atoms with Crippen molar-refractivity contribution in [3.63, 3.8) is 0 Å². The van der Waals surface area contributed by atoms with Gasteiger partial charge in [-0.05, 0) is 23.8 Å². The Labute approximate surface area is 127 Å². The molecule has 6 heteroatoms. The molecule has 0 spiro atoms. The monoisotopic (exact) mass is 293 g/mol. The first kappa shape index (κ1) is 13.9. The van der Waals surface area contributed by atoms with Crippen LogP contribution >= 0.6 is 0 Å². The normalized spacial score (nSPS) is 10.5. The second kappa shape index (κ2) is 6.17. The molecule has 0 radical (unpaired) electrons. The van der Waals surface area contributed by atoms with Crippen LogP contribution in [0.15, 0.2) is 48.9 Å². The van der Waals surface area contributed by atoms with Crippen LogP contribution in [0.5, 0.6) is 0 Å². The molecule has 3 N–H and O–H groups in total. The lowest BCUT2D eigenvalue weighted by molar-refractivity contribution is -0.117. The minimum absolute atomic E-state index is 0.104. The van der Waals surface area contributed by atoms with Crippen LogP contribution in [0, 0.1) is 0 Å². The van der Waals surface area contributed by atoms with Gasteiger partial charge in [-0.2, -0.15) is 0 Å². The number of hydrogen-bond donors (Lipinski definition) is 2. The van der Waals surface area contributed by atoms with E-state index in [1.165, 1.54) is 0 Å². The largest absolute Gasteiger partial charge is 0.369 e. The van der Waals surface area contributed by atoms with E-state index >= 15 is 0 Å². The number of nitrogens with one attached hydrogen (secondary N) is 1. The Morgan fingerprint density at radius 3 is 2.86 bits per heavy atom. The second-order valence-corrected chi connectivity index (χ2v) is 4.90. The van der Waals surface area contributed by atoms with E-state index in [0.717, 1.165) is 16.5 Å². The molecule has 22 heavy (non-hydrogen) atoms. The highest BCUT2D eigenvalue weighted by molar-refractivity contribution is 5.89. The molecule has 3 aromatic rings. The van der Waals surface area contributed by atoms with E-state index in [9.17, 15) is 4.79 Å². The van der Waals surface area contributed by atoms with Crippen LogP contribution in [-0.2, 0) is 17.8 Å². The number of primary amides is 1. The highest BCUT2D eigenvalue weighted by Gasteiger charge is 2.09. The van der Waals surface area contributed by atoms with Crippen LogP contribution in [0.4, 0.5) is 5.82 Å². The minimum Gasteiger partial charge on any atom is -0.369 e. The fraction of sp³-hybridized carbons (Fsp3) is 0.125. The quantitative estimate of drug-likeness (QED) is 0.746. The van der Waals surface area contributed by atoms with Crippen molar-refractivity contribution in [2.75, 3.05) is 5.32 Å². The fourth-order valence-electron chi connectivity index (χ4n) is 2.22.